The normalized spacial score (nSPS) is 20.5. The molecule has 138 valence electrons. The van der Waals surface area contributed by atoms with Crippen LogP contribution in [0.5, 0.6) is 0 Å². The van der Waals surface area contributed by atoms with Crippen molar-refractivity contribution in [1.82, 2.24) is 10.2 Å². The molecule has 0 aromatic heterocycles. The molecule has 0 aliphatic carbocycles. The van der Waals surface area contributed by atoms with Crippen LogP contribution in [0.25, 0.3) is 0 Å². The average Bonchev–Trinajstić information content (AvgIpc) is 2.90. The van der Waals surface area contributed by atoms with Gasteiger partial charge in [-0.15, -0.1) is 0 Å². The molecule has 1 aromatic carbocycles. The summed E-state index contributed by atoms with van der Waals surface area (Å²) < 4.78 is 41.3. The lowest BCUT2D eigenvalue weighted by Crippen LogP contribution is -2.50. The van der Waals surface area contributed by atoms with Crippen molar-refractivity contribution in [3.8, 4) is 0 Å². The number of likely N-dealkylation sites (tertiary alicyclic amines) is 1. The summed E-state index contributed by atoms with van der Waals surface area (Å²) >= 11 is 5.66. The van der Waals surface area contributed by atoms with Crippen LogP contribution in [0.2, 0.25) is 5.02 Å². The van der Waals surface area contributed by atoms with Crippen LogP contribution in [-0.4, -0.2) is 55.4 Å². The van der Waals surface area contributed by atoms with Crippen molar-refractivity contribution in [2.45, 2.75) is 25.1 Å². The summed E-state index contributed by atoms with van der Waals surface area (Å²) in [5.41, 5.74) is 0.112. The van der Waals surface area contributed by atoms with Crippen molar-refractivity contribution >= 4 is 33.7 Å². The predicted molar refractivity (Wildman–Crippen MR) is 86.1 cm³/mol. The molecule has 1 heterocycles. The van der Waals surface area contributed by atoms with Gasteiger partial charge in [0.15, 0.2) is 0 Å². The Morgan fingerprint density at radius 2 is 2.16 bits per heavy atom. The lowest BCUT2D eigenvalue weighted by atomic mass is 10.1. The summed E-state index contributed by atoms with van der Waals surface area (Å²) in [4.78, 5) is 24.4. The van der Waals surface area contributed by atoms with E-state index in [2.05, 4.69) is 5.32 Å². The first-order valence-electron chi connectivity index (χ1n) is 7.18. The van der Waals surface area contributed by atoms with Gasteiger partial charge in [0.25, 0.3) is 10.1 Å². The highest BCUT2D eigenvalue weighted by Crippen LogP contribution is 2.23. The molecule has 8 nitrogen and oxygen atoms in total. The number of carbonyl (C=O) groups is 2. The van der Waals surface area contributed by atoms with Gasteiger partial charge in [-0.3, -0.25) is 13.9 Å². The smallest absolute Gasteiger partial charge is 0.408 e. The Kier molecular flexibility index (Phi) is 5.86. The summed E-state index contributed by atoms with van der Waals surface area (Å²) in [5, 5.41) is 11.5. The van der Waals surface area contributed by atoms with Gasteiger partial charge in [-0.25, -0.2) is 9.18 Å². The quantitative estimate of drug-likeness (QED) is 0.725. The van der Waals surface area contributed by atoms with E-state index < -0.39 is 40.1 Å². The Morgan fingerprint density at radius 1 is 1.48 bits per heavy atom. The number of nitrogens with one attached hydrogen (secondary N) is 1. The first-order chi connectivity index (χ1) is 11.6. The van der Waals surface area contributed by atoms with E-state index in [1.54, 1.807) is 0 Å². The number of hydrogen-bond acceptors (Lipinski definition) is 5. The monoisotopic (exact) mass is 394 g/mol. The van der Waals surface area contributed by atoms with Crippen molar-refractivity contribution in [3.63, 3.8) is 0 Å². The van der Waals surface area contributed by atoms with Crippen LogP contribution < -0.4 is 5.32 Å². The van der Waals surface area contributed by atoms with Gasteiger partial charge in [0.05, 0.1) is 11.3 Å². The molecule has 2 N–H and O–H groups in total. The Labute approximate surface area is 148 Å². The maximum absolute atomic E-state index is 13.8. The first kappa shape index (κ1) is 19.4. The van der Waals surface area contributed by atoms with E-state index in [0.717, 1.165) is 11.2 Å². The van der Waals surface area contributed by atoms with E-state index in [9.17, 15) is 27.5 Å². The molecule has 1 fully saturated rings. The topological polar surface area (TPSA) is 113 Å². The summed E-state index contributed by atoms with van der Waals surface area (Å²) in [6.45, 7) is -0.292. The van der Waals surface area contributed by atoms with Crippen LogP contribution in [0, 0.1) is 5.82 Å². The average molecular weight is 395 g/mol. The van der Waals surface area contributed by atoms with Gasteiger partial charge in [0.1, 0.15) is 18.0 Å². The molecule has 0 saturated carbocycles. The fourth-order valence-corrected chi connectivity index (χ4v) is 3.43. The Balaban J connectivity index is 2.14. The maximum Gasteiger partial charge on any atom is 0.408 e. The van der Waals surface area contributed by atoms with Gasteiger partial charge in [-0.1, -0.05) is 23.7 Å². The molecule has 25 heavy (non-hydrogen) atoms. The molecule has 1 saturated heterocycles. The van der Waals surface area contributed by atoms with Crippen LogP contribution in [0.4, 0.5) is 9.18 Å². The van der Waals surface area contributed by atoms with Crippen molar-refractivity contribution in [3.05, 3.63) is 34.6 Å². The number of nitrogens with zero attached hydrogens (tertiary/aromatic N) is 1. The van der Waals surface area contributed by atoms with Gasteiger partial charge < -0.3 is 10.4 Å². The summed E-state index contributed by atoms with van der Waals surface area (Å²) in [6, 6.07) is 2.91. The zero-order valence-corrected chi connectivity index (χ0v) is 14.7. The first-order valence-corrected chi connectivity index (χ1v) is 9.38. The van der Waals surface area contributed by atoms with Gasteiger partial charge in [0.2, 0.25) is 5.91 Å². The molecule has 2 atom stereocenters. The Hall–Kier alpha value is -1.91. The van der Waals surface area contributed by atoms with Crippen LogP contribution in [0.15, 0.2) is 18.2 Å². The molecule has 1 aliphatic heterocycles. The molecular formula is C14H16ClFN2O6S. The summed E-state index contributed by atoms with van der Waals surface area (Å²) in [7, 11) is -3.88. The zero-order valence-electron chi connectivity index (χ0n) is 13.1. The van der Waals surface area contributed by atoms with Crippen molar-refractivity contribution < 1.29 is 31.7 Å². The highest BCUT2D eigenvalue weighted by Gasteiger charge is 2.44. The number of benzene rings is 1. The molecule has 2 rings (SSSR count). The van der Waals surface area contributed by atoms with Gasteiger partial charge in [-0.2, -0.15) is 8.42 Å². The highest BCUT2D eigenvalue weighted by atomic mass is 35.5. The molecule has 2 amide bonds. The van der Waals surface area contributed by atoms with E-state index >= 15 is 0 Å². The number of rotatable bonds is 5. The third kappa shape index (κ3) is 4.80. The number of carboxylic acid groups (broad SMARTS) is 1. The third-order valence-corrected chi connectivity index (χ3v) is 4.53. The minimum atomic E-state index is -3.88. The molecule has 0 spiro atoms. The molecule has 0 unspecified atom stereocenters. The Morgan fingerprint density at radius 3 is 2.76 bits per heavy atom. The fourth-order valence-electron chi connectivity index (χ4n) is 2.59. The standard InChI is InChI=1S/C14H16ClFN2O6S/c1-25(22,23)24-10-5-6-18(14(20)21)12(10)13(19)17-7-8-3-2-4-9(15)11(8)16/h2-4,10,12H,5-7H2,1H3,(H,17,19)(H,20,21)/t10-,12-/m0/s1. The number of halogens is 2. The van der Waals surface area contributed by atoms with Crippen LogP contribution >= 0.6 is 11.6 Å². The van der Waals surface area contributed by atoms with Gasteiger partial charge >= 0.3 is 6.09 Å². The van der Waals surface area contributed by atoms with E-state index in [4.69, 9.17) is 15.8 Å². The van der Waals surface area contributed by atoms with Crippen molar-refractivity contribution in [1.29, 1.82) is 0 Å². The zero-order chi connectivity index (χ0) is 18.8. The molecule has 0 radical (unpaired) electrons. The van der Waals surface area contributed by atoms with Crippen molar-refractivity contribution in [2.75, 3.05) is 12.8 Å². The molecule has 1 aliphatic rings. The van der Waals surface area contributed by atoms with Crippen molar-refractivity contribution in [2.24, 2.45) is 0 Å². The minimum Gasteiger partial charge on any atom is -0.465 e. The maximum atomic E-state index is 13.8. The number of amides is 2. The number of hydrogen-bond donors (Lipinski definition) is 2. The lowest BCUT2D eigenvalue weighted by Gasteiger charge is -2.24. The van der Waals surface area contributed by atoms with E-state index in [1.807, 2.05) is 0 Å². The second kappa shape index (κ2) is 7.54. The Bertz CT molecular complexity index is 788. The SMILES string of the molecule is CS(=O)(=O)O[C@H]1CCN(C(=O)O)[C@@H]1C(=O)NCc1cccc(Cl)c1F. The largest absolute Gasteiger partial charge is 0.465 e. The van der Waals surface area contributed by atoms with E-state index in [1.165, 1.54) is 18.2 Å². The van der Waals surface area contributed by atoms with Gasteiger partial charge in [-0.05, 0) is 12.5 Å². The van der Waals surface area contributed by atoms with E-state index in [-0.39, 0.29) is 30.1 Å². The highest BCUT2D eigenvalue weighted by molar-refractivity contribution is 7.86. The molecule has 1 aromatic rings. The number of carbonyl (C=O) groups excluding carboxylic acids is 1. The third-order valence-electron chi connectivity index (χ3n) is 3.64. The van der Waals surface area contributed by atoms with Gasteiger partial charge in [0, 0.05) is 18.7 Å². The second-order valence-electron chi connectivity index (χ2n) is 5.48. The van der Waals surface area contributed by atoms with E-state index in [0.29, 0.717) is 0 Å². The minimum absolute atomic E-state index is 0.0446. The molecule has 0 bridgehead atoms. The predicted octanol–water partition coefficient (Wildman–Crippen LogP) is 1.19. The van der Waals surface area contributed by atoms with Crippen LogP contribution in [0.3, 0.4) is 0 Å². The second-order valence-corrected chi connectivity index (χ2v) is 7.49. The summed E-state index contributed by atoms with van der Waals surface area (Å²) in [5.74, 6) is -1.48. The summed E-state index contributed by atoms with van der Waals surface area (Å²) in [6.07, 6.45) is -1.67. The van der Waals surface area contributed by atoms with Crippen LogP contribution in [-0.2, 0) is 25.6 Å². The molecule has 11 heteroatoms. The molecular weight excluding hydrogens is 379 g/mol. The fraction of sp³-hybridized carbons (Fsp3) is 0.429. The lowest BCUT2D eigenvalue weighted by molar-refractivity contribution is -0.127. The van der Waals surface area contributed by atoms with Crippen LogP contribution in [0.1, 0.15) is 12.0 Å².